The molecule has 0 fully saturated rings. The monoisotopic (exact) mass is 371 g/mol. The van der Waals surface area contributed by atoms with Gasteiger partial charge in [-0.15, -0.1) is 0 Å². The van der Waals surface area contributed by atoms with E-state index in [1.165, 1.54) is 6.07 Å². The van der Waals surface area contributed by atoms with E-state index >= 15 is 0 Å². The van der Waals surface area contributed by atoms with Crippen molar-refractivity contribution in [1.82, 2.24) is 10.2 Å². The van der Waals surface area contributed by atoms with Crippen LogP contribution in [0.3, 0.4) is 0 Å². The molecule has 0 spiro atoms. The number of nitro benzene ring substituents is 1. The van der Waals surface area contributed by atoms with Gasteiger partial charge in [-0.05, 0) is 52.3 Å². The maximum atomic E-state index is 12.0. The molecule has 8 heteroatoms. The molecule has 1 amide bonds. The normalized spacial score (nSPS) is 12.6. The van der Waals surface area contributed by atoms with Gasteiger partial charge in [-0.25, -0.2) is 4.79 Å². The maximum Gasteiger partial charge on any atom is 0.410 e. The SMILES string of the molecule is CC(CCNCc1ccc([N+](=O)[O-])c(Cl)c1)N(C)C(=O)OC(C)(C)C. The van der Waals surface area contributed by atoms with E-state index in [0.29, 0.717) is 13.1 Å². The molecule has 0 bridgehead atoms. The van der Waals surface area contributed by atoms with Crippen LogP contribution >= 0.6 is 11.6 Å². The van der Waals surface area contributed by atoms with Crippen molar-refractivity contribution in [2.45, 2.75) is 52.3 Å². The third-order valence-corrected chi connectivity index (χ3v) is 3.92. The van der Waals surface area contributed by atoms with E-state index in [0.717, 1.165) is 12.0 Å². The standard InChI is InChI=1S/C17H26ClN3O4/c1-12(20(5)16(22)25-17(2,3)4)8-9-19-11-13-6-7-15(21(23)24)14(18)10-13/h6-7,10,12,19H,8-9,11H2,1-5H3. The Hall–Kier alpha value is -1.86. The Morgan fingerprint density at radius 1 is 1.44 bits per heavy atom. The Morgan fingerprint density at radius 2 is 2.08 bits per heavy atom. The molecule has 1 N–H and O–H groups in total. The fraction of sp³-hybridized carbons (Fsp3) is 0.588. The first-order valence-corrected chi connectivity index (χ1v) is 8.48. The number of nitrogens with one attached hydrogen (secondary N) is 1. The zero-order valence-corrected chi connectivity index (χ0v) is 16.1. The average Bonchev–Trinajstić information content (AvgIpc) is 2.48. The molecule has 1 atom stereocenters. The van der Waals surface area contributed by atoms with E-state index in [1.807, 2.05) is 27.7 Å². The second-order valence-electron chi connectivity index (χ2n) is 6.95. The minimum atomic E-state index is -0.515. The van der Waals surface area contributed by atoms with E-state index in [1.54, 1.807) is 24.1 Å². The van der Waals surface area contributed by atoms with Crippen LogP contribution in [0.1, 0.15) is 39.7 Å². The Morgan fingerprint density at radius 3 is 2.60 bits per heavy atom. The van der Waals surface area contributed by atoms with Gasteiger partial charge in [-0.2, -0.15) is 0 Å². The van der Waals surface area contributed by atoms with E-state index in [2.05, 4.69) is 5.32 Å². The quantitative estimate of drug-likeness (QED) is 0.445. The Balaban J connectivity index is 2.41. The third kappa shape index (κ3) is 7.27. The highest BCUT2D eigenvalue weighted by Gasteiger charge is 2.22. The van der Waals surface area contributed by atoms with Crippen molar-refractivity contribution >= 4 is 23.4 Å². The van der Waals surface area contributed by atoms with Crippen molar-refractivity contribution in [2.24, 2.45) is 0 Å². The molecule has 1 aromatic rings. The van der Waals surface area contributed by atoms with Crippen molar-refractivity contribution < 1.29 is 14.5 Å². The second kappa shape index (κ2) is 9.01. The van der Waals surface area contributed by atoms with Gasteiger partial charge in [0.05, 0.1) is 4.92 Å². The van der Waals surface area contributed by atoms with E-state index in [4.69, 9.17) is 16.3 Å². The predicted molar refractivity (Wildman–Crippen MR) is 97.9 cm³/mol. The van der Waals surface area contributed by atoms with Crippen molar-refractivity contribution in [3.8, 4) is 0 Å². The number of carbonyl (C=O) groups excluding carboxylic acids is 1. The second-order valence-corrected chi connectivity index (χ2v) is 7.36. The summed E-state index contributed by atoms with van der Waals surface area (Å²) < 4.78 is 5.34. The summed E-state index contributed by atoms with van der Waals surface area (Å²) in [5, 5.41) is 14.1. The lowest BCUT2D eigenvalue weighted by Gasteiger charge is -2.28. The molecule has 0 aliphatic carbocycles. The maximum absolute atomic E-state index is 12.0. The number of hydrogen-bond acceptors (Lipinski definition) is 5. The van der Waals surface area contributed by atoms with E-state index in [-0.39, 0.29) is 22.8 Å². The molecule has 25 heavy (non-hydrogen) atoms. The number of benzene rings is 1. The topological polar surface area (TPSA) is 84.7 Å². The molecule has 0 aliphatic rings. The average molecular weight is 372 g/mol. The van der Waals surface area contributed by atoms with Gasteiger partial charge in [0, 0.05) is 25.7 Å². The van der Waals surface area contributed by atoms with Crippen LogP contribution < -0.4 is 5.32 Å². The van der Waals surface area contributed by atoms with Crippen LogP contribution in [0.5, 0.6) is 0 Å². The smallest absolute Gasteiger partial charge is 0.410 e. The number of rotatable bonds is 7. The lowest BCUT2D eigenvalue weighted by molar-refractivity contribution is -0.384. The molecule has 0 radical (unpaired) electrons. The molecule has 0 aromatic heterocycles. The Bertz CT molecular complexity index is 616. The van der Waals surface area contributed by atoms with Gasteiger partial charge in [-0.1, -0.05) is 17.7 Å². The predicted octanol–water partition coefficient (Wildman–Crippen LogP) is 3.98. The van der Waals surface area contributed by atoms with Crippen LogP contribution in [-0.2, 0) is 11.3 Å². The number of amides is 1. The summed E-state index contributed by atoms with van der Waals surface area (Å²) >= 11 is 5.89. The minimum absolute atomic E-state index is 0.0165. The van der Waals surface area contributed by atoms with Crippen molar-refractivity contribution in [1.29, 1.82) is 0 Å². The van der Waals surface area contributed by atoms with Gasteiger partial charge >= 0.3 is 6.09 Å². The molecule has 0 saturated heterocycles. The molecule has 140 valence electrons. The van der Waals surface area contributed by atoms with Crippen LogP contribution in [0.4, 0.5) is 10.5 Å². The summed E-state index contributed by atoms with van der Waals surface area (Å²) in [4.78, 5) is 23.8. The van der Waals surface area contributed by atoms with Crippen molar-refractivity contribution in [2.75, 3.05) is 13.6 Å². The van der Waals surface area contributed by atoms with Crippen LogP contribution in [-0.4, -0.2) is 41.2 Å². The Labute approximate surface area is 153 Å². The molecular weight excluding hydrogens is 346 g/mol. The van der Waals surface area contributed by atoms with Crippen LogP contribution in [0, 0.1) is 10.1 Å². The first kappa shape index (κ1) is 21.2. The van der Waals surface area contributed by atoms with Crippen LogP contribution in [0.2, 0.25) is 5.02 Å². The van der Waals surface area contributed by atoms with Gasteiger partial charge in [0.25, 0.3) is 5.69 Å². The van der Waals surface area contributed by atoms with Gasteiger partial charge in [0.1, 0.15) is 10.6 Å². The zero-order chi connectivity index (χ0) is 19.2. The Kier molecular flexibility index (Phi) is 7.63. The van der Waals surface area contributed by atoms with E-state index in [9.17, 15) is 14.9 Å². The summed E-state index contributed by atoms with van der Waals surface area (Å²) in [6.07, 6.45) is 0.401. The molecule has 1 rings (SSSR count). The number of nitro groups is 1. The minimum Gasteiger partial charge on any atom is -0.444 e. The number of carbonyl (C=O) groups is 1. The summed E-state index contributed by atoms with van der Waals surface area (Å²) in [7, 11) is 1.72. The lowest BCUT2D eigenvalue weighted by Crippen LogP contribution is -2.40. The highest BCUT2D eigenvalue weighted by Crippen LogP contribution is 2.24. The highest BCUT2D eigenvalue weighted by molar-refractivity contribution is 6.32. The van der Waals surface area contributed by atoms with Crippen LogP contribution in [0.15, 0.2) is 18.2 Å². The molecule has 0 heterocycles. The van der Waals surface area contributed by atoms with Gasteiger partial charge in [-0.3, -0.25) is 10.1 Å². The van der Waals surface area contributed by atoms with Gasteiger partial charge in [0.2, 0.25) is 0 Å². The summed E-state index contributed by atoms with van der Waals surface area (Å²) in [5.74, 6) is 0. The fourth-order valence-electron chi connectivity index (χ4n) is 2.06. The van der Waals surface area contributed by atoms with Crippen molar-refractivity contribution in [3.05, 3.63) is 38.9 Å². The fourth-order valence-corrected chi connectivity index (χ4v) is 2.33. The van der Waals surface area contributed by atoms with Gasteiger partial charge < -0.3 is 15.0 Å². The molecule has 7 nitrogen and oxygen atoms in total. The number of halogens is 1. The molecule has 0 aliphatic heterocycles. The van der Waals surface area contributed by atoms with Crippen molar-refractivity contribution in [3.63, 3.8) is 0 Å². The number of nitrogens with zero attached hydrogens (tertiary/aromatic N) is 2. The summed E-state index contributed by atoms with van der Waals surface area (Å²) in [6, 6.07) is 4.68. The first-order chi connectivity index (χ1) is 11.5. The van der Waals surface area contributed by atoms with Crippen LogP contribution in [0.25, 0.3) is 0 Å². The highest BCUT2D eigenvalue weighted by atomic mass is 35.5. The third-order valence-electron chi connectivity index (χ3n) is 3.62. The zero-order valence-electron chi connectivity index (χ0n) is 15.3. The number of ether oxygens (including phenoxy) is 1. The first-order valence-electron chi connectivity index (χ1n) is 8.10. The summed E-state index contributed by atoms with van der Waals surface area (Å²) in [5.41, 5.74) is 0.250. The van der Waals surface area contributed by atoms with Gasteiger partial charge in [0.15, 0.2) is 0 Å². The van der Waals surface area contributed by atoms with E-state index < -0.39 is 10.5 Å². The lowest BCUT2D eigenvalue weighted by atomic mass is 10.2. The molecule has 1 aromatic carbocycles. The number of hydrogen-bond donors (Lipinski definition) is 1. The summed E-state index contributed by atoms with van der Waals surface area (Å²) in [6.45, 7) is 8.68. The molecule has 1 unspecified atom stereocenters. The molecular formula is C17H26ClN3O4. The molecule has 0 saturated carbocycles. The largest absolute Gasteiger partial charge is 0.444 e.